The van der Waals surface area contributed by atoms with Crippen LogP contribution in [0, 0.1) is 0 Å². The number of thioether (sulfide) groups is 1. The standard InChI is InChI=1S/C9H22N4OS/c1-14-7-3-5-11-9(13-10)12-6-4-8-15-2/h3-8,10H2,1-2H3,(H2,11,12,13). The van der Waals surface area contributed by atoms with E-state index in [1.54, 1.807) is 7.11 Å². The Kier molecular flexibility index (Phi) is 11.3. The molecular weight excluding hydrogens is 212 g/mol. The molecule has 0 aromatic carbocycles. The number of hydrogen-bond donors (Lipinski definition) is 3. The fourth-order valence-electron chi connectivity index (χ4n) is 0.976. The molecule has 0 saturated heterocycles. The average Bonchev–Trinajstić information content (AvgIpc) is 2.27. The van der Waals surface area contributed by atoms with Crippen LogP contribution in [0.3, 0.4) is 0 Å². The number of nitrogens with two attached hydrogens (primary N) is 1. The van der Waals surface area contributed by atoms with Gasteiger partial charge >= 0.3 is 0 Å². The van der Waals surface area contributed by atoms with E-state index in [4.69, 9.17) is 10.6 Å². The first-order valence-corrected chi connectivity index (χ1v) is 6.47. The second-order valence-electron chi connectivity index (χ2n) is 2.99. The highest BCUT2D eigenvalue weighted by Gasteiger charge is 1.94. The van der Waals surface area contributed by atoms with Crippen LogP contribution in [0.1, 0.15) is 12.8 Å². The van der Waals surface area contributed by atoms with E-state index in [9.17, 15) is 0 Å². The second-order valence-corrected chi connectivity index (χ2v) is 3.98. The van der Waals surface area contributed by atoms with Crippen LogP contribution < -0.4 is 16.6 Å². The summed E-state index contributed by atoms with van der Waals surface area (Å²) in [6.45, 7) is 2.37. The zero-order chi connectivity index (χ0) is 11.4. The SMILES string of the molecule is COCCCNC(=NCCCSC)NN. The number of nitrogens with one attached hydrogen (secondary N) is 2. The van der Waals surface area contributed by atoms with Crippen LogP contribution >= 0.6 is 11.8 Å². The predicted octanol–water partition coefficient (Wildman–Crippen LogP) is 0.185. The minimum atomic E-state index is 0.659. The quantitative estimate of drug-likeness (QED) is 0.184. The molecule has 0 bridgehead atoms. The maximum absolute atomic E-state index is 5.32. The lowest BCUT2D eigenvalue weighted by molar-refractivity contribution is 0.195. The number of nitrogens with zero attached hydrogens (tertiary/aromatic N) is 1. The van der Waals surface area contributed by atoms with Gasteiger partial charge in [-0.2, -0.15) is 11.8 Å². The highest BCUT2D eigenvalue weighted by Crippen LogP contribution is 1.94. The number of methoxy groups -OCH3 is 1. The van der Waals surface area contributed by atoms with Gasteiger partial charge in [0.1, 0.15) is 0 Å². The largest absolute Gasteiger partial charge is 0.385 e. The van der Waals surface area contributed by atoms with Crippen molar-refractivity contribution in [3.8, 4) is 0 Å². The van der Waals surface area contributed by atoms with Crippen LogP contribution in [0.25, 0.3) is 0 Å². The molecule has 0 amide bonds. The Bertz CT molecular complexity index is 166. The molecule has 15 heavy (non-hydrogen) atoms. The van der Waals surface area contributed by atoms with E-state index in [0.717, 1.165) is 38.3 Å². The van der Waals surface area contributed by atoms with Crippen molar-refractivity contribution in [2.24, 2.45) is 10.8 Å². The first kappa shape index (κ1) is 14.5. The third-order valence-corrected chi connectivity index (χ3v) is 2.43. The van der Waals surface area contributed by atoms with Crippen molar-refractivity contribution in [1.82, 2.24) is 10.7 Å². The molecule has 0 atom stereocenters. The number of guanidine groups is 1. The van der Waals surface area contributed by atoms with Crippen molar-refractivity contribution in [3.63, 3.8) is 0 Å². The third-order valence-electron chi connectivity index (χ3n) is 1.73. The molecule has 0 aliphatic rings. The maximum atomic E-state index is 5.32. The van der Waals surface area contributed by atoms with Crippen molar-refractivity contribution in [1.29, 1.82) is 0 Å². The minimum Gasteiger partial charge on any atom is -0.385 e. The van der Waals surface area contributed by atoms with Crippen LogP contribution in [0.5, 0.6) is 0 Å². The van der Waals surface area contributed by atoms with E-state index < -0.39 is 0 Å². The van der Waals surface area contributed by atoms with Gasteiger partial charge in [0.25, 0.3) is 0 Å². The molecule has 0 aromatic heterocycles. The topological polar surface area (TPSA) is 71.7 Å². The van der Waals surface area contributed by atoms with Crippen LogP contribution in [-0.4, -0.2) is 44.8 Å². The first-order chi connectivity index (χ1) is 7.35. The van der Waals surface area contributed by atoms with Gasteiger partial charge in [0.15, 0.2) is 0 Å². The Labute approximate surface area is 96.2 Å². The number of hydrogen-bond acceptors (Lipinski definition) is 4. The van der Waals surface area contributed by atoms with E-state index in [2.05, 4.69) is 22.0 Å². The van der Waals surface area contributed by atoms with Crippen molar-refractivity contribution >= 4 is 17.7 Å². The lowest BCUT2D eigenvalue weighted by atomic mass is 10.4. The lowest BCUT2D eigenvalue weighted by Crippen LogP contribution is -2.42. The Hall–Kier alpha value is -0.460. The van der Waals surface area contributed by atoms with Gasteiger partial charge in [-0.25, -0.2) is 5.84 Å². The van der Waals surface area contributed by atoms with Gasteiger partial charge < -0.3 is 10.1 Å². The number of aliphatic imine (C=N–C) groups is 1. The van der Waals surface area contributed by atoms with Crippen molar-refractivity contribution in [2.45, 2.75) is 12.8 Å². The molecule has 0 aromatic rings. The summed E-state index contributed by atoms with van der Waals surface area (Å²) >= 11 is 1.83. The fourth-order valence-corrected chi connectivity index (χ4v) is 1.39. The molecule has 0 radical (unpaired) electrons. The Morgan fingerprint density at radius 1 is 1.47 bits per heavy atom. The summed E-state index contributed by atoms with van der Waals surface area (Å²) in [4.78, 5) is 4.29. The molecule has 0 heterocycles. The maximum Gasteiger partial charge on any atom is 0.205 e. The van der Waals surface area contributed by atoms with Crippen LogP contribution in [0.2, 0.25) is 0 Å². The average molecular weight is 234 g/mol. The van der Waals surface area contributed by atoms with E-state index in [1.807, 2.05) is 11.8 Å². The summed E-state index contributed by atoms with van der Waals surface area (Å²) in [5.74, 6) is 7.11. The Morgan fingerprint density at radius 2 is 2.27 bits per heavy atom. The molecule has 0 aliphatic carbocycles. The van der Waals surface area contributed by atoms with E-state index in [1.165, 1.54) is 0 Å². The molecule has 0 aliphatic heterocycles. The highest BCUT2D eigenvalue weighted by atomic mass is 32.2. The zero-order valence-electron chi connectivity index (χ0n) is 9.58. The second kappa shape index (κ2) is 11.6. The van der Waals surface area contributed by atoms with Crippen molar-refractivity contribution < 1.29 is 4.74 Å². The summed E-state index contributed by atoms with van der Waals surface area (Å²) in [6.07, 6.45) is 4.11. The van der Waals surface area contributed by atoms with Crippen LogP contribution in [-0.2, 0) is 4.74 Å². The van der Waals surface area contributed by atoms with Gasteiger partial charge in [-0.3, -0.25) is 10.4 Å². The van der Waals surface area contributed by atoms with Gasteiger partial charge in [-0.1, -0.05) is 0 Å². The summed E-state index contributed by atoms with van der Waals surface area (Å²) in [6, 6.07) is 0. The normalized spacial score (nSPS) is 11.5. The molecule has 0 rings (SSSR count). The molecule has 5 nitrogen and oxygen atoms in total. The predicted molar refractivity (Wildman–Crippen MR) is 67.1 cm³/mol. The summed E-state index contributed by atoms with van der Waals surface area (Å²) < 4.78 is 4.94. The highest BCUT2D eigenvalue weighted by molar-refractivity contribution is 7.98. The Morgan fingerprint density at radius 3 is 2.87 bits per heavy atom. The molecule has 6 heteroatoms. The van der Waals surface area contributed by atoms with E-state index in [-0.39, 0.29) is 0 Å². The van der Waals surface area contributed by atoms with Gasteiger partial charge in [-0.05, 0) is 24.9 Å². The third kappa shape index (κ3) is 9.84. The first-order valence-electron chi connectivity index (χ1n) is 5.08. The van der Waals surface area contributed by atoms with Crippen molar-refractivity contribution in [3.05, 3.63) is 0 Å². The molecule has 0 spiro atoms. The molecule has 90 valence electrons. The monoisotopic (exact) mass is 234 g/mol. The molecule has 4 N–H and O–H groups in total. The number of ether oxygens (including phenoxy) is 1. The van der Waals surface area contributed by atoms with E-state index >= 15 is 0 Å². The van der Waals surface area contributed by atoms with Gasteiger partial charge in [0.05, 0.1) is 0 Å². The smallest absolute Gasteiger partial charge is 0.205 e. The molecular formula is C9H22N4OS. The van der Waals surface area contributed by atoms with E-state index in [0.29, 0.717) is 5.96 Å². The summed E-state index contributed by atoms with van der Waals surface area (Å²) in [5.41, 5.74) is 2.55. The lowest BCUT2D eigenvalue weighted by Gasteiger charge is -2.08. The van der Waals surface area contributed by atoms with Crippen molar-refractivity contribution in [2.75, 3.05) is 38.8 Å². The molecule has 0 saturated carbocycles. The number of rotatable bonds is 8. The van der Waals surface area contributed by atoms with Gasteiger partial charge in [0, 0.05) is 26.8 Å². The zero-order valence-corrected chi connectivity index (χ0v) is 10.4. The minimum absolute atomic E-state index is 0.659. The van der Waals surface area contributed by atoms with Crippen LogP contribution in [0.15, 0.2) is 4.99 Å². The number of hydrazine groups is 1. The molecule has 0 unspecified atom stereocenters. The summed E-state index contributed by atoms with van der Waals surface area (Å²) in [7, 11) is 1.69. The fraction of sp³-hybridized carbons (Fsp3) is 0.889. The van der Waals surface area contributed by atoms with Crippen LogP contribution in [0.4, 0.5) is 0 Å². The Balaban J connectivity index is 3.51. The molecule has 0 fully saturated rings. The van der Waals surface area contributed by atoms with Gasteiger partial charge in [-0.15, -0.1) is 0 Å². The van der Waals surface area contributed by atoms with Gasteiger partial charge in [0.2, 0.25) is 5.96 Å². The summed E-state index contributed by atoms with van der Waals surface area (Å²) in [5, 5.41) is 3.11.